The van der Waals surface area contributed by atoms with Crippen molar-refractivity contribution in [3.8, 4) is 11.5 Å². The molecule has 0 bridgehead atoms. The Morgan fingerprint density at radius 2 is 1.74 bits per heavy atom. The number of aryl methyl sites for hydroxylation is 1. The van der Waals surface area contributed by atoms with Gasteiger partial charge in [-0.3, -0.25) is 4.90 Å². The highest BCUT2D eigenvalue weighted by Crippen LogP contribution is 2.27. The van der Waals surface area contributed by atoms with E-state index in [2.05, 4.69) is 0 Å². The second-order valence-electron chi connectivity index (χ2n) is 9.02. The number of rotatable bonds is 8. The molecule has 0 aliphatic heterocycles. The zero-order chi connectivity index (χ0) is 25.8. The van der Waals surface area contributed by atoms with E-state index in [1.807, 2.05) is 23.6 Å². The van der Waals surface area contributed by atoms with Crippen LogP contribution in [0.4, 0.5) is 9.18 Å². The van der Waals surface area contributed by atoms with Crippen LogP contribution in [-0.4, -0.2) is 44.8 Å². The summed E-state index contributed by atoms with van der Waals surface area (Å²) in [4.78, 5) is 31.5. The third-order valence-electron chi connectivity index (χ3n) is 5.20. The fourth-order valence-corrected chi connectivity index (χ4v) is 3.55. The van der Waals surface area contributed by atoms with Gasteiger partial charge in [-0.2, -0.15) is 0 Å². The van der Waals surface area contributed by atoms with Gasteiger partial charge < -0.3 is 18.8 Å². The number of esters is 1. The number of carbonyl (C=O) groups excluding carboxylic acids is 2. The predicted molar refractivity (Wildman–Crippen MR) is 130 cm³/mol. The van der Waals surface area contributed by atoms with Crippen molar-refractivity contribution in [1.82, 2.24) is 14.5 Å². The molecule has 9 heteroatoms. The van der Waals surface area contributed by atoms with Gasteiger partial charge in [0.15, 0.2) is 0 Å². The molecule has 188 valence electrons. The molecule has 0 fully saturated rings. The number of ether oxygens (including phenoxy) is 3. The maximum Gasteiger partial charge on any atom is 0.411 e. The molecule has 0 saturated carbocycles. The highest BCUT2D eigenvalue weighted by atomic mass is 19.1. The zero-order valence-corrected chi connectivity index (χ0v) is 21.0. The number of aromatic nitrogens is 2. The van der Waals surface area contributed by atoms with Crippen LogP contribution in [0.2, 0.25) is 0 Å². The smallest absolute Gasteiger partial charge is 0.411 e. The van der Waals surface area contributed by atoms with Crippen LogP contribution in [0.25, 0.3) is 11.0 Å². The lowest BCUT2D eigenvalue weighted by Gasteiger charge is -2.30. The average Bonchev–Trinajstić information content (AvgIpc) is 3.14. The van der Waals surface area contributed by atoms with Crippen molar-refractivity contribution in [3.63, 3.8) is 0 Å². The Morgan fingerprint density at radius 3 is 2.34 bits per heavy atom. The summed E-state index contributed by atoms with van der Waals surface area (Å²) in [6, 6.07) is 10.3. The standard InChI is InChI=1S/C26H32FN3O5/c1-7-29-22-15-20(34-19-11-9-18(27)10-12-19)13-14-21(22)28-23(29)16-30(17(3)24(31)33-8-2)25(32)35-26(4,5)6/h9-15,17H,7-8,16H2,1-6H3/t17-/m0/s1. The van der Waals surface area contributed by atoms with Gasteiger partial charge in [0.2, 0.25) is 0 Å². The van der Waals surface area contributed by atoms with Crippen molar-refractivity contribution in [1.29, 1.82) is 0 Å². The van der Waals surface area contributed by atoms with Gasteiger partial charge in [0, 0.05) is 12.6 Å². The van der Waals surface area contributed by atoms with Crippen molar-refractivity contribution in [2.24, 2.45) is 0 Å². The van der Waals surface area contributed by atoms with E-state index in [0.717, 1.165) is 5.52 Å². The van der Waals surface area contributed by atoms with Crippen LogP contribution < -0.4 is 4.74 Å². The predicted octanol–water partition coefficient (Wildman–Crippen LogP) is 5.68. The molecule has 0 saturated heterocycles. The van der Waals surface area contributed by atoms with Crippen LogP contribution >= 0.6 is 0 Å². The molecule has 1 amide bonds. The molecule has 3 aromatic rings. The summed E-state index contributed by atoms with van der Waals surface area (Å²) >= 11 is 0. The summed E-state index contributed by atoms with van der Waals surface area (Å²) in [6.45, 7) is 11.4. The Labute approximate surface area is 204 Å². The van der Waals surface area contributed by atoms with Crippen LogP contribution in [0.3, 0.4) is 0 Å². The van der Waals surface area contributed by atoms with E-state index in [1.54, 1.807) is 52.8 Å². The Balaban J connectivity index is 1.94. The molecule has 0 aliphatic carbocycles. The van der Waals surface area contributed by atoms with Gasteiger partial charge in [0.1, 0.15) is 34.8 Å². The average molecular weight is 486 g/mol. The van der Waals surface area contributed by atoms with E-state index < -0.39 is 23.7 Å². The van der Waals surface area contributed by atoms with Crippen molar-refractivity contribution in [3.05, 3.63) is 54.1 Å². The monoisotopic (exact) mass is 485 g/mol. The molecule has 3 rings (SSSR count). The second-order valence-corrected chi connectivity index (χ2v) is 9.02. The molecule has 0 spiro atoms. The first-order valence-electron chi connectivity index (χ1n) is 11.6. The lowest BCUT2D eigenvalue weighted by Crippen LogP contribution is -2.46. The summed E-state index contributed by atoms with van der Waals surface area (Å²) in [5.41, 5.74) is 0.776. The maximum atomic E-state index is 13.2. The fourth-order valence-electron chi connectivity index (χ4n) is 3.55. The van der Waals surface area contributed by atoms with E-state index in [-0.39, 0.29) is 19.0 Å². The number of carbonyl (C=O) groups is 2. The third kappa shape index (κ3) is 6.49. The molecule has 0 aliphatic rings. The molecule has 8 nitrogen and oxygen atoms in total. The van der Waals surface area contributed by atoms with Gasteiger partial charge in [-0.1, -0.05) is 0 Å². The highest BCUT2D eigenvalue weighted by Gasteiger charge is 2.32. The lowest BCUT2D eigenvalue weighted by molar-refractivity contribution is -0.149. The number of hydrogen-bond donors (Lipinski definition) is 0. The van der Waals surface area contributed by atoms with Gasteiger partial charge in [0.25, 0.3) is 0 Å². The largest absolute Gasteiger partial charge is 0.464 e. The minimum atomic E-state index is -0.868. The van der Waals surface area contributed by atoms with Crippen LogP contribution in [-0.2, 0) is 27.4 Å². The number of benzene rings is 2. The fraction of sp³-hybridized carbons (Fsp3) is 0.423. The van der Waals surface area contributed by atoms with Gasteiger partial charge in [0.05, 0.1) is 24.2 Å². The van der Waals surface area contributed by atoms with Crippen LogP contribution in [0.1, 0.15) is 47.4 Å². The Hall–Kier alpha value is -3.62. The number of imidazole rings is 1. The van der Waals surface area contributed by atoms with Gasteiger partial charge in [-0.05, 0) is 77.9 Å². The Bertz CT molecular complexity index is 1180. The number of nitrogens with zero attached hydrogens (tertiary/aromatic N) is 3. The Kier molecular flexibility index (Phi) is 7.99. The minimum Gasteiger partial charge on any atom is -0.464 e. The van der Waals surface area contributed by atoms with Gasteiger partial charge >= 0.3 is 12.1 Å². The lowest BCUT2D eigenvalue weighted by atomic mass is 10.2. The number of amides is 1. The van der Waals surface area contributed by atoms with Crippen molar-refractivity contribution < 1.29 is 28.2 Å². The molecular weight excluding hydrogens is 453 g/mol. The van der Waals surface area contributed by atoms with E-state index in [0.29, 0.717) is 29.4 Å². The topological polar surface area (TPSA) is 82.9 Å². The van der Waals surface area contributed by atoms with E-state index >= 15 is 0 Å². The second kappa shape index (κ2) is 10.8. The number of hydrogen-bond acceptors (Lipinski definition) is 6. The van der Waals surface area contributed by atoms with Crippen molar-refractivity contribution in [2.75, 3.05) is 6.61 Å². The van der Waals surface area contributed by atoms with Gasteiger partial charge in [-0.25, -0.2) is 19.0 Å². The SMILES string of the molecule is CCOC(=O)[C@H](C)N(Cc1nc2ccc(Oc3ccc(F)cc3)cc2n1CC)C(=O)OC(C)(C)C. The molecule has 35 heavy (non-hydrogen) atoms. The van der Waals surface area contributed by atoms with Crippen LogP contribution in [0.5, 0.6) is 11.5 Å². The maximum absolute atomic E-state index is 13.2. The third-order valence-corrected chi connectivity index (χ3v) is 5.20. The van der Waals surface area contributed by atoms with E-state index in [9.17, 15) is 14.0 Å². The summed E-state index contributed by atoms with van der Waals surface area (Å²) < 4.78 is 31.7. The number of fused-ring (bicyclic) bond motifs is 1. The number of halogens is 1. The summed E-state index contributed by atoms with van der Waals surface area (Å²) in [7, 11) is 0. The molecule has 1 atom stereocenters. The zero-order valence-electron chi connectivity index (χ0n) is 21.0. The van der Waals surface area contributed by atoms with E-state index in [1.165, 1.54) is 17.0 Å². The molecule has 2 aromatic carbocycles. The summed E-state index contributed by atoms with van der Waals surface area (Å²) in [6.07, 6.45) is -0.631. The van der Waals surface area contributed by atoms with Crippen molar-refractivity contribution >= 4 is 23.1 Å². The quantitative estimate of drug-likeness (QED) is 0.382. The summed E-state index contributed by atoms with van der Waals surface area (Å²) in [5.74, 6) is 0.797. The Morgan fingerprint density at radius 1 is 1.09 bits per heavy atom. The molecule has 0 N–H and O–H groups in total. The minimum absolute atomic E-state index is 0.0472. The molecule has 1 aromatic heterocycles. The molecular formula is C26H32FN3O5. The first-order valence-corrected chi connectivity index (χ1v) is 11.6. The van der Waals surface area contributed by atoms with Crippen LogP contribution in [0, 0.1) is 5.82 Å². The normalized spacial score (nSPS) is 12.3. The molecule has 1 heterocycles. The summed E-state index contributed by atoms with van der Waals surface area (Å²) in [5, 5.41) is 0. The molecule has 0 unspecified atom stereocenters. The first kappa shape index (κ1) is 26.0. The van der Waals surface area contributed by atoms with Crippen molar-refractivity contribution in [2.45, 2.75) is 66.3 Å². The highest BCUT2D eigenvalue weighted by molar-refractivity contribution is 5.81. The first-order chi connectivity index (χ1) is 16.5. The van der Waals surface area contributed by atoms with E-state index in [4.69, 9.17) is 19.2 Å². The van der Waals surface area contributed by atoms with Gasteiger partial charge in [-0.15, -0.1) is 0 Å². The van der Waals surface area contributed by atoms with Crippen LogP contribution in [0.15, 0.2) is 42.5 Å². The molecule has 0 radical (unpaired) electrons.